The van der Waals surface area contributed by atoms with Gasteiger partial charge in [0, 0.05) is 5.02 Å². The van der Waals surface area contributed by atoms with Crippen LogP contribution in [0, 0.1) is 5.82 Å². The van der Waals surface area contributed by atoms with Gasteiger partial charge < -0.3 is 0 Å². The second-order valence-corrected chi connectivity index (χ2v) is 4.82. The number of rotatable bonds is 3. The number of benzene rings is 2. The van der Waals surface area contributed by atoms with E-state index in [9.17, 15) is 17.6 Å². The Morgan fingerprint density at radius 1 is 1.00 bits per heavy atom. The number of hydrogen-bond donors (Lipinski definition) is 2. The van der Waals surface area contributed by atoms with Gasteiger partial charge in [0.1, 0.15) is 5.82 Å². The highest BCUT2D eigenvalue weighted by Crippen LogP contribution is 2.34. The molecule has 0 amide bonds. The van der Waals surface area contributed by atoms with E-state index in [0.717, 1.165) is 12.1 Å². The minimum absolute atomic E-state index is 0.202. The number of alkyl halides is 3. The molecule has 112 valence electrons. The van der Waals surface area contributed by atoms with Crippen molar-refractivity contribution in [3.8, 4) is 0 Å². The second kappa shape index (κ2) is 6.01. The molecule has 0 aliphatic carbocycles. The summed E-state index contributed by atoms with van der Waals surface area (Å²) in [6.07, 6.45) is -4.76. The smallest absolute Gasteiger partial charge is 0.271 e. The molecule has 0 heterocycles. The molecule has 2 aromatic rings. The molecule has 0 aliphatic rings. The van der Waals surface area contributed by atoms with Gasteiger partial charge in [-0.25, -0.2) is 9.82 Å². The third-order valence-corrected chi connectivity index (χ3v) is 3.25. The van der Waals surface area contributed by atoms with Gasteiger partial charge >= 0.3 is 6.18 Å². The van der Waals surface area contributed by atoms with Crippen LogP contribution in [0.15, 0.2) is 42.5 Å². The van der Waals surface area contributed by atoms with Crippen molar-refractivity contribution in [2.24, 2.45) is 5.84 Å². The summed E-state index contributed by atoms with van der Waals surface area (Å²) in [7, 11) is 0. The van der Waals surface area contributed by atoms with Crippen LogP contribution in [0.1, 0.15) is 22.7 Å². The van der Waals surface area contributed by atoms with E-state index in [0.29, 0.717) is 10.6 Å². The van der Waals surface area contributed by atoms with E-state index >= 15 is 0 Å². The lowest BCUT2D eigenvalue weighted by Gasteiger charge is -2.19. The van der Waals surface area contributed by atoms with Gasteiger partial charge in [0.25, 0.3) is 0 Å². The first-order valence-corrected chi connectivity index (χ1v) is 6.29. The summed E-state index contributed by atoms with van der Waals surface area (Å²) in [5.74, 6) is 4.09. The van der Waals surface area contributed by atoms with Gasteiger partial charge in [-0.15, -0.1) is 0 Å². The molecule has 0 aromatic heterocycles. The molecule has 0 saturated carbocycles. The van der Waals surface area contributed by atoms with Gasteiger partial charge in [-0.05, 0) is 35.4 Å². The maximum absolute atomic E-state index is 13.3. The quantitative estimate of drug-likeness (QED) is 0.509. The van der Waals surface area contributed by atoms with Gasteiger partial charge in [-0.2, -0.15) is 13.2 Å². The summed E-state index contributed by atoms with van der Waals surface area (Å²) in [6, 6.07) is 8.51. The van der Waals surface area contributed by atoms with E-state index in [2.05, 4.69) is 5.43 Å². The zero-order valence-electron chi connectivity index (χ0n) is 10.6. The predicted molar refractivity (Wildman–Crippen MR) is 72.0 cm³/mol. The maximum Gasteiger partial charge on any atom is 0.419 e. The van der Waals surface area contributed by atoms with Crippen LogP contribution in [0.5, 0.6) is 0 Å². The molecular formula is C14H11ClF4N2. The van der Waals surface area contributed by atoms with Gasteiger partial charge in [0.2, 0.25) is 0 Å². The van der Waals surface area contributed by atoms with Crippen LogP contribution in [0.25, 0.3) is 0 Å². The Morgan fingerprint density at radius 2 is 1.57 bits per heavy atom. The van der Waals surface area contributed by atoms with Gasteiger partial charge in [-0.3, -0.25) is 5.84 Å². The summed E-state index contributed by atoms with van der Waals surface area (Å²) >= 11 is 5.76. The molecule has 0 fully saturated rings. The largest absolute Gasteiger partial charge is 0.419 e. The van der Waals surface area contributed by atoms with Crippen LogP contribution in [0.3, 0.4) is 0 Å². The van der Waals surface area contributed by atoms with Gasteiger partial charge in [-0.1, -0.05) is 29.8 Å². The third kappa shape index (κ3) is 3.53. The molecule has 2 aromatic carbocycles. The summed E-state index contributed by atoms with van der Waals surface area (Å²) in [4.78, 5) is 0. The molecule has 0 radical (unpaired) electrons. The van der Waals surface area contributed by atoms with Crippen molar-refractivity contribution in [3.63, 3.8) is 0 Å². The normalized spacial score (nSPS) is 13.2. The van der Waals surface area contributed by atoms with Crippen molar-refractivity contribution in [2.45, 2.75) is 12.2 Å². The van der Waals surface area contributed by atoms with E-state index in [1.54, 1.807) is 24.3 Å². The fraction of sp³-hybridized carbons (Fsp3) is 0.143. The SMILES string of the molecule is NNC(c1ccc(Cl)cc1)c1ccc(F)c(C(F)(F)F)c1. The van der Waals surface area contributed by atoms with E-state index in [-0.39, 0.29) is 5.56 Å². The summed E-state index contributed by atoms with van der Waals surface area (Å²) in [5, 5.41) is 0.490. The number of hydrogen-bond acceptors (Lipinski definition) is 2. The first kappa shape index (κ1) is 15.8. The van der Waals surface area contributed by atoms with E-state index < -0.39 is 23.6 Å². The lowest BCUT2D eigenvalue weighted by atomic mass is 9.97. The molecule has 0 aliphatic heterocycles. The molecule has 21 heavy (non-hydrogen) atoms. The fourth-order valence-corrected chi connectivity index (χ4v) is 2.11. The highest BCUT2D eigenvalue weighted by Gasteiger charge is 2.34. The van der Waals surface area contributed by atoms with Gasteiger partial charge in [0.05, 0.1) is 11.6 Å². The first-order chi connectivity index (χ1) is 9.82. The van der Waals surface area contributed by atoms with Crippen molar-refractivity contribution >= 4 is 11.6 Å². The lowest BCUT2D eigenvalue weighted by Crippen LogP contribution is -2.29. The molecule has 0 bridgehead atoms. The first-order valence-electron chi connectivity index (χ1n) is 5.91. The summed E-state index contributed by atoms with van der Waals surface area (Å²) < 4.78 is 51.5. The molecule has 2 rings (SSSR count). The number of nitrogens with two attached hydrogens (primary N) is 1. The Kier molecular flexibility index (Phi) is 4.51. The number of nitrogens with one attached hydrogen (secondary N) is 1. The standard InChI is InChI=1S/C14H11ClF4N2/c15-10-4-1-8(2-5-10)13(21-20)9-3-6-12(16)11(7-9)14(17,18)19/h1-7,13,21H,20H2. The van der Waals surface area contributed by atoms with Crippen LogP contribution in [0.2, 0.25) is 5.02 Å². The van der Waals surface area contributed by atoms with E-state index in [1.807, 2.05) is 0 Å². The molecular weight excluding hydrogens is 308 g/mol. The Balaban J connectivity index is 2.46. The van der Waals surface area contributed by atoms with Crippen LogP contribution >= 0.6 is 11.6 Å². The highest BCUT2D eigenvalue weighted by molar-refractivity contribution is 6.30. The minimum Gasteiger partial charge on any atom is -0.271 e. The van der Waals surface area contributed by atoms with E-state index in [1.165, 1.54) is 6.07 Å². The average Bonchev–Trinajstić information content (AvgIpc) is 2.42. The van der Waals surface area contributed by atoms with Gasteiger partial charge in [0.15, 0.2) is 0 Å². The highest BCUT2D eigenvalue weighted by atomic mass is 35.5. The zero-order chi connectivity index (χ0) is 15.6. The molecule has 2 nitrogen and oxygen atoms in total. The Bertz CT molecular complexity index is 626. The molecule has 0 spiro atoms. The average molecular weight is 319 g/mol. The monoisotopic (exact) mass is 318 g/mol. The number of hydrazine groups is 1. The van der Waals surface area contributed by atoms with Crippen molar-refractivity contribution in [2.75, 3.05) is 0 Å². The zero-order valence-corrected chi connectivity index (χ0v) is 11.3. The van der Waals surface area contributed by atoms with E-state index in [4.69, 9.17) is 17.4 Å². The molecule has 1 atom stereocenters. The molecule has 7 heteroatoms. The second-order valence-electron chi connectivity index (χ2n) is 4.39. The van der Waals surface area contributed by atoms with Crippen LogP contribution < -0.4 is 11.3 Å². The molecule has 1 unspecified atom stereocenters. The maximum atomic E-state index is 13.3. The fourth-order valence-electron chi connectivity index (χ4n) is 1.98. The van der Waals surface area contributed by atoms with Crippen LogP contribution in [-0.4, -0.2) is 0 Å². The molecule has 3 N–H and O–H groups in total. The lowest BCUT2D eigenvalue weighted by molar-refractivity contribution is -0.140. The minimum atomic E-state index is -4.76. The third-order valence-electron chi connectivity index (χ3n) is 3.00. The molecule has 0 saturated heterocycles. The van der Waals surface area contributed by atoms with Crippen molar-refractivity contribution in [1.82, 2.24) is 5.43 Å². The summed E-state index contributed by atoms with van der Waals surface area (Å²) in [6.45, 7) is 0. The Labute approximate surface area is 123 Å². The van der Waals surface area contributed by atoms with Crippen molar-refractivity contribution in [1.29, 1.82) is 0 Å². The van der Waals surface area contributed by atoms with Crippen LogP contribution in [-0.2, 0) is 6.18 Å². The summed E-state index contributed by atoms with van der Waals surface area (Å²) in [5.41, 5.74) is 1.91. The van der Waals surface area contributed by atoms with Crippen molar-refractivity contribution < 1.29 is 17.6 Å². The topological polar surface area (TPSA) is 38.0 Å². The predicted octanol–water partition coefficient (Wildman–Crippen LogP) is 4.05. The Morgan fingerprint density at radius 3 is 2.10 bits per heavy atom. The Hall–Kier alpha value is -1.63. The van der Waals surface area contributed by atoms with Crippen molar-refractivity contribution in [3.05, 3.63) is 70.0 Å². The van der Waals surface area contributed by atoms with Crippen LogP contribution in [0.4, 0.5) is 17.6 Å². The number of halogens is 5.